The largest absolute Gasteiger partial charge is 0.445 e. The van der Waals surface area contributed by atoms with Crippen LogP contribution in [0.1, 0.15) is 113 Å². The minimum atomic E-state index is -1.82. The lowest BCUT2D eigenvalue weighted by atomic mass is 9.83. The summed E-state index contributed by atoms with van der Waals surface area (Å²) in [6.07, 6.45) is -9.95. The molecule has 0 aromatic heterocycles. The highest BCUT2D eigenvalue weighted by Gasteiger charge is 2.55. The molecule has 1 saturated carbocycles. The molecule has 5 rings (SSSR count). The number of alkyl carbamates (subject to hydrolysis) is 3. The minimum Gasteiger partial charge on any atom is -0.445 e. The van der Waals surface area contributed by atoms with E-state index in [0.717, 1.165) is 24.2 Å². The molecule has 4 aliphatic rings. The molecule has 4 fully saturated rings. The van der Waals surface area contributed by atoms with Crippen LogP contribution < -0.4 is 21.3 Å². The van der Waals surface area contributed by atoms with Crippen LogP contribution in [-0.2, 0) is 54.0 Å². The van der Waals surface area contributed by atoms with Crippen molar-refractivity contribution in [2.24, 2.45) is 0 Å². The van der Waals surface area contributed by atoms with Gasteiger partial charge in [-0.2, -0.15) is 0 Å². The molecule has 22 nitrogen and oxygen atoms in total. The quantitative estimate of drug-likeness (QED) is 0.0913. The zero-order valence-corrected chi connectivity index (χ0v) is 43.3. The standard InChI is InChI=1S/C49H81N5O17/c1-46(2,3)69-43(58)51-31-21-20-30(26-50-22-24-63-34-19-15-16-23-62-34)66-40(31)67-37-33(53-44(59)70-47(4,5)6)25-32(52-42(57)64-27-29-17-13-12-14-18-29)38(35(37)55)68-41-36(56)39(49(10,61)28-65-41)54(11)45(60)71-48(7,8)9/h12-14,17-18,30-41,50,55-56,61H,15-16,19-28H2,1-11H3,(H,51,58)(H,52,57)(H,53,59)/t30-,31+,32+,33-,34?,35-,36+,37+,38-,39+,40+,41+,49-/m0/s1. The van der Waals surface area contributed by atoms with Crippen molar-refractivity contribution in [3.05, 3.63) is 35.9 Å². The fraction of sp³-hybridized carbons (Fsp3) is 0.796. The van der Waals surface area contributed by atoms with Gasteiger partial charge in [-0.25, -0.2) is 19.2 Å². The lowest BCUT2D eigenvalue weighted by Crippen LogP contribution is -2.70. The Kier molecular flexibility index (Phi) is 20.5. The molecule has 1 aliphatic carbocycles. The van der Waals surface area contributed by atoms with Gasteiger partial charge in [-0.1, -0.05) is 30.3 Å². The van der Waals surface area contributed by atoms with Crippen LogP contribution in [0.2, 0.25) is 0 Å². The smallest absolute Gasteiger partial charge is 0.410 e. The van der Waals surface area contributed by atoms with Crippen molar-refractivity contribution in [1.29, 1.82) is 0 Å². The van der Waals surface area contributed by atoms with Crippen LogP contribution in [0.3, 0.4) is 0 Å². The summed E-state index contributed by atoms with van der Waals surface area (Å²) >= 11 is 0. The molecule has 7 N–H and O–H groups in total. The molecule has 1 aromatic carbocycles. The van der Waals surface area contributed by atoms with Crippen LogP contribution in [0.5, 0.6) is 0 Å². The first kappa shape index (κ1) is 57.8. The summed E-state index contributed by atoms with van der Waals surface area (Å²) in [6.45, 7) is 18.0. The topological polar surface area (TPSA) is 273 Å². The van der Waals surface area contributed by atoms with Gasteiger partial charge in [0.25, 0.3) is 0 Å². The number of carbonyl (C=O) groups excluding carboxylic acids is 4. The van der Waals surface area contributed by atoms with Gasteiger partial charge in [0.15, 0.2) is 18.9 Å². The Labute approximate surface area is 417 Å². The molecule has 404 valence electrons. The number of hydrogen-bond acceptors (Lipinski definition) is 18. The number of amides is 4. The first-order valence-corrected chi connectivity index (χ1v) is 24.7. The van der Waals surface area contributed by atoms with Crippen molar-refractivity contribution in [3.63, 3.8) is 0 Å². The summed E-state index contributed by atoms with van der Waals surface area (Å²) in [6, 6.07) is 4.40. The second-order valence-electron chi connectivity index (χ2n) is 21.9. The van der Waals surface area contributed by atoms with Crippen molar-refractivity contribution in [2.75, 3.05) is 40.0 Å². The van der Waals surface area contributed by atoms with E-state index < -0.39 is 121 Å². The second kappa shape index (κ2) is 25.2. The van der Waals surface area contributed by atoms with E-state index in [9.17, 15) is 34.5 Å². The van der Waals surface area contributed by atoms with Crippen LogP contribution in [0.4, 0.5) is 19.2 Å². The monoisotopic (exact) mass is 1010 g/mol. The molecule has 1 unspecified atom stereocenters. The van der Waals surface area contributed by atoms with Gasteiger partial charge in [-0.05, 0) is 113 Å². The van der Waals surface area contributed by atoms with Crippen LogP contribution in [0, 0.1) is 0 Å². The van der Waals surface area contributed by atoms with Gasteiger partial charge in [0.2, 0.25) is 0 Å². The number of hydrogen-bond donors (Lipinski definition) is 7. The molecule has 1 aromatic rings. The molecule has 4 amide bonds. The molecule has 22 heteroatoms. The number of aliphatic hydroxyl groups is 3. The average molecular weight is 1010 g/mol. The summed E-state index contributed by atoms with van der Waals surface area (Å²) in [5, 5.41) is 47.9. The summed E-state index contributed by atoms with van der Waals surface area (Å²) < 4.78 is 59.6. The third kappa shape index (κ3) is 18.4. The minimum absolute atomic E-state index is 0.111. The first-order chi connectivity index (χ1) is 33.2. The second-order valence-corrected chi connectivity index (χ2v) is 21.9. The number of ether oxygens (including phenoxy) is 10. The maximum Gasteiger partial charge on any atom is 0.410 e. The highest BCUT2D eigenvalue weighted by molar-refractivity contribution is 5.70. The predicted octanol–water partition coefficient (Wildman–Crippen LogP) is 3.94. The van der Waals surface area contributed by atoms with Gasteiger partial charge in [0, 0.05) is 26.7 Å². The van der Waals surface area contributed by atoms with Crippen molar-refractivity contribution in [2.45, 2.75) is 210 Å². The third-order valence-electron chi connectivity index (χ3n) is 11.9. The fourth-order valence-corrected chi connectivity index (χ4v) is 8.79. The molecular formula is C49H81N5O17. The molecule has 0 radical (unpaired) electrons. The molecule has 0 bridgehead atoms. The molecule has 71 heavy (non-hydrogen) atoms. The molecule has 3 saturated heterocycles. The van der Waals surface area contributed by atoms with Gasteiger partial charge in [0.1, 0.15) is 53.4 Å². The maximum absolute atomic E-state index is 13.6. The summed E-state index contributed by atoms with van der Waals surface area (Å²) in [7, 11) is 1.35. The van der Waals surface area contributed by atoms with Gasteiger partial charge in [-0.15, -0.1) is 0 Å². The number of aliphatic hydroxyl groups excluding tert-OH is 2. The number of benzene rings is 1. The molecular weight excluding hydrogens is 931 g/mol. The Morgan fingerprint density at radius 1 is 0.746 bits per heavy atom. The Morgan fingerprint density at radius 3 is 1.93 bits per heavy atom. The van der Waals surface area contributed by atoms with E-state index in [1.54, 1.807) is 86.6 Å². The summed E-state index contributed by atoms with van der Waals surface area (Å²) in [5.74, 6) is 0. The number of likely N-dealkylation sites (N-methyl/N-ethyl adjacent to an activating group) is 1. The zero-order chi connectivity index (χ0) is 52.3. The third-order valence-corrected chi connectivity index (χ3v) is 11.9. The Bertz CT molecular complexity index is 1850. The van der Waals surface area contributed by atoms with E-state index in [4.69, 9.17) is 47.4 Å². The van der Waals surface area contributed by atoms with Crippen LogP contribution in [0.25, 0.3) is 0 Å². The predicted molar refractivity (Wildman–Crippen MR) is 255 cm³/mol. The molecule has 3 heterocycles. The van der Waals surface area contributed by atoms with Gasteiger partial charge < -0.3 is 88.9 Å². The molecule has 3 aliphatic heterocycles. The van der Waals surface area contributed by atoms with Crippen molar-refractivity contribution in [3.8, 4) is 0 Å². The Morgan fingerprint density at radius 2 is 1.34 bits per heavy atom. The Balaban J connectivity index is 1.46. The van der Waals surface area contributed by atoms with Crippen LogP contribution in [0.15, 0.2) is 30.3 Å². The highest BCUT2D eigenvalue weighted by atomic mass is 16.7. The average Bonchev–Trinajstić information content (AvgIpc) is 3.25. The Hall–Kier alpha value is -4.10. The summed E-state index contributed by atoms with van der Waals surface area (Å²) in [4.78, 5) is 54.9. The van der Waals surface area contributed by atoms with E-state index in [1.807, 2.05) is 6.07 Å². The van der Waals surface area contributed by atoms with Crippen molar-refractivity contribution in [1.82, 2.24) is 26.2 Å². The van der Waals surface area contributed by atoms with Crippen LogP contribution in [-0.4, -0.2) is 181 Å². The maximum atomic E-state index is 13.6. The lowest BCUT2D eigenvalue weighted by Gasteiger charge is -2.50. The molecule has 0 spiro atoms. The zero-order valence-electron chi connectivity index (χ0n) is 43.3. The fourth-order valence-electron chi connectivity index (χ4n) is 8.79. The van der Waals surface area contributed by atoms with E-state index in [0.29, 0.717) is 44.7 Å². The van der Waals surface area contributed by atoms with Gasteiger partial charge >= 0.3 is 24.4 Å². The SMILES string of the molecule is CN(C(=O)OC(C)(C)C)[C@@H]1[C@@H](O)[C@@H](O[C@@H]2[C@@H](O)[C@H](O[C@H]3O[C@H](CNCCOC4CCCCO4)CC[C@H]3NC(=O)OC(C)(C)C)[C@@H](NC(=O)OC(C)(C)C)C[C@H]2NC(=O)OCc2ccccc2)OC[C@]1(C)O. The van der Waals surface area contributed by atoms with Crippen LogP contribution >= 0.6 is 0 Å². The highest BCUT2D eigenvalue weighted by Crippen LogP contribution is 2.35. The van der Waals surface area contributed by atoms with Gasteiger partial charge in [0.05, 0.1) is 43.5 Å². The number of nitrogens with one attached hydrogen (secondary N) is 4. The normalized spacial score (nSPS) is 31.6. The lowest BCUT2D eigenvalue weighted by molar-refractivity contribution is -0.314. The van der Waals surface area contributed by atoms with E-state index in [1.165, 1.54) is 14.0 Å². The van der Waals surface area contributed by atoms with E-state index >= 15 is 0 Å². The first-order valence-electron chi connectivity index (χ1n) is 24.7. The van der Waals surface area contributed by atoms with E-state index in [2.05, 4.69) is 21.3 Å². The molecule has 13 atom stereocenters. The van der Waals surface area contributed by atoms with Crippen molar-refractivity contribution >= 4 is 24.4 Å². The summed E-state index contributed by atoms with van der Waals surface area (Å²) in [5.41, 5.74) is -3.83. The number of nitrogens with zero attached hydrogens (tertiary/aromatic N) is 1. The van der Waals surface area contributed by atoms with Crippen molar-refractivity contribution < 1.29 is 81.9 Å². The number of carbonyl (C=O) groups is 4. The number of rotatable bonds is 16. The van der Waals surface area contributed by atoms with E-state index in [-0.39, 0.29) is 19.3 Å². The van der Waals surface area contributed by atoms with Gasteiger partial charge in [-0.3, -0.25) is 0 Å².